The molecular formula is C12H8F2N2O3S. The Labute approximate surface area is 115 Å². The van der Waals surface area contributed by atoms with Crippen LogP contribution < -0.4 is 5.32 Å². The van der Waals surface area contributed by atoms with E-state index in [9.17, 15) is 18.4 Å². The number of rotatable bonds is 3. The van der Waals surface area contributed by atoms with Gasteiger partial charge in [0.2, 0.25) is 5.01 Å². The SMILES string of the molecule is Cc1ccc(F)c(NC(=O)c2csc(C(=O)O)n2)c1F. The lowest BCUT2D eigenvalue weighted by molar-refractivity contribution is 0.0696. The zero-order valence-electron chi connectivity index (χ0n) is 10.1. The number of hydrogen-bond acceptors (Lipinski definition) is 4. The van der Waals surface area contributed by atoms with Crippen molar-refractivity contribution >= 4 is 28.9 Å². The third kappa shape index (κ3) is 2.64. The lowest BCUT2D eigenvalue weighted by atomic mass is 10.2. The zero-order valence-corrected chi connectivity index (χ0v) is 10.9. The van der Waals surface area contributed by atoms with Gasteiger partial charge in [-0.25, -0.2) is 18.6 Å². The van der Waals surface area contributed by atoms with Crippen molar-refractivity contribution in [2.24, 2.45) is 0 Å². The third-order valence-corrected chi connectivity index (χ3v) is 3.27. The largest absolute Gasteiger partial charge is 0.476 e. The maximum absolute atomic E-state index is 13.7. The number of carboxylic acids is 1. The number of nitrogens with one attached hydrogen (secondary N) is 1. The van der Waals surface area contributed by atoms with E-state index in [0.29, 0.717) is 0 Å². The minimum Gasteiger partial charge on any atom is -0.476 e. The molecule has 0 saturated heterocycles. The molecule has 0 aliphatic carbocycles. The maximum Gasteiger partial charge on any atom is 0.365 e. The summed E-state index contributed by atoms with van der Waals surface area (Å²) in [4.78, 5) is 26.0. The summed E-state index contributed by atoms with van der Waals surface area (Å²) in [5.74, 6) is -3.96. The highest BCUT2D eigenvalue weighted by molar-refractivity contribution is 7.11. The Kier molecular flexibility index (Phi) is 3.75. The second kappa shape index (κ2) is 5.33. The first-order valence-electron chi connectivity index (χ1n) is 5.35. The second-order valence-corrected chi connectivity index (χ2v) is 4.71. The number of anilines is 1. The van der Waals surface area contributed by atoms with Crippen molar-refractivity contribution < 1.29 is 23.5 Å². The van der Waals surface area contributed by atoms with Crippen LogP contribution in [0.5, 0.6) is 0 Å². The van der Waals surface area contributed by atoms with Gasteiger partial charge in [0.25, 0.3) is 5.91 Å². The van der Waals surface area contributed by atoms with Crippen LogP contribution in [-0.4, -0.2) is 22.0 Å². The molecule has 2 rings (SSSR count). The van der Waals surface area contributed by atoms with Gasteiger partial charge in [-0.1, -0.05) is 6.07 Å². The Balaban J connectivity index is 2.28. The van der Waals surface area contributed by atoms with E-state index in [4.69, 9.17) is 5.11 Å². The molecule has 0 bridgehead atoms. The highest BCUT2D eigenvalue weighted by Crippen LogP contribution is 2.22. The van der Waals surface area contributed by atoms with E-state index in [0.717, 1.165) is 17.4 Å². The number of carbonyl (C=O) groups is 2. The molecule has 8 heteroatoms. The molecular weight excluding hydrogens is 290 g/mol. The van der Waals surface area contributed by atoms with Gasteiger partial charge in [-0.15, -0.1) is 11.3 Å². The fourth-order valence-electron chi connectivity index (χ4n) is 1.43. The number of nitrogens with zero attached hydrogens (tertiary/aromatic N) is 1. The van der Waals surface area contributed by atoms with E-state index in [1.54, 1.807) is 0 Å². The smallest absolute Gasteiger partial charge is 0.365 e. The quantitative estimate of drug-likeness (QED) is 0.913. The highest BCUT2D eigenvalue weighted by Gasteiger charge is 2.18. The van der Waals surface area contributed by atoms with Crippen molar-refractivity contribution in [2.45, 2.75) is 6.92 Å². The first-order chi connectivity index (χ1) is 9.40. The lowest BCUT2D eigenvalue weighted by Crippen LogP contribution is -2.15. The molecule has 0 aliphatic heterocycles. The van der Waals surface area contributed by atoms with Crippen LogP contribution in [0, 0.1) is 18.6 Å². The lowest BCUT2D eigenvalue weighted by Gasteiger charge is -2.07. The summed E-state index contributed by atoms with van der Waals surface area (Å²) in [7, 11) is 0. The van der Waals surface area contributed by atoms with Crippen LogP contribution in [0.3, 0.4) is 0 Å². The summed E-state index contributed by atoms with van der Waals surface area (Å²) in [6.45, 7) is 1.43. The third-order valence-electron chi connectivity index (χ3n) is 2.44. The topological polar surface area (TPSA) is 79.3 Å². The Morgan fingerprint density at radius 3 is 2.65 bits per heavy atom. The van der Waals surface area contributed by atoms with E-state index >= 15 is 0 Å². The fourth-order valence-corrected chi connectivity index (χ4v) is 2.06. The summed E-state index contributed by atoms with van der Waals surface area (Å²) in [6, 6.07) is 2.27. The average molecular weight is 298 g/mol. The van der Waals surface area contributed by atoms with E-state index in [2.05, 4.69) is 10.3 Å². The van der Waals surface area contributed by atoms with Gasteiger partial charge in [-0.3, -0.25) is 4.79 Å². The van der Waals surface area contributed by atoms with Crippen LogP contribution in [0.4, 0.5) is 14.5 Å². The molecule has 5 nitrogen and oxygen atoms in total. The summed E-state index contributed by atoms with van der Waals surface area (Å²) in [6.07, 6.45) is 0. The summed E-state index contributed by atoms with van der Waals surface area (Å²) in [5, 5.41) is 11.7. The Morgan fingerprint density at radius 1 is 1.35 bits per heavy atom. The Morgan fingerprint density at radius 2 is 2.05 bits per heavy atom. The number of thiazole rings is 1. The monoisotopic (exact) mass is 298 g/mol. The molecule has 0 unspecified atom stereocenters. The summed E-state index contributed by atoms with van der Waals surface area (Å²) >= 11 is 0.749. The van der Waals surface area contributed by atoms with Crippen molar-refractivity contribution in [3.63, 3.8) is 0 Å². The fraction of sp³-hybridized carbons (Fsp3) is 0.0833. The minimum atomic E-state index is -1.28. The molecule has 0 radical (unpaired) electrons. The van der Waals surface area contributed by atoms with Gasteiger partial charge >= 0.3 is 5.97 Å². The number of aryl methyl sites for hydroxylation is 1. The van der Waals surface area contributed by atoms with Crippen LogP contribution in [0.25, 0.3) is 0 Å². The second-order valence-electron chi connectivity index (χ2n) is 3.85. The standard InChI is InChI=1S/C12H8F2N2O3S/c1-5-2-3-6(13)9(8(5)14)16-10(17)7-4-20-11(15-7)12(18)19/h2-4H,1H3,(H,16,17)(H,18,19). The first-order valence-corrected chi connectivity index (χ1v) is 6.23. The molecule has 1 amide bonds. The predicted octanol–water partition coefficient (Wildman–Crippen LogP) is 2.68. The van der Waals surface area contributed by atoms with Gasteiger partial charge in [0, 0.05) is 5.38 Å². The average Bonchev–Trinajstić information content (AvgIpc) is 2.89. The van der Waals surface area contributed by atoms with Gasteiger partial charge in [0.05, 0.1) is 0 Å². The van der Waals surface area contributed by atoms with E-state index in [1.165, 1.54) is 18.4 Å². The van der Waals surface area contributed by atoms with Crippen molar-refractivity contribution in [3.05, 3.63) is 45.4 Å². The molecule has 0 fully saturated rings. The number of amides is 1. The van der Waals surface area contributed by atoms with Crippen LogP contribution >= 0.6 is 11.3 Å². The molecule has 0 saturated carbocycles. The molecule has 0 atom stereocenters. The first kappa shape index (κ1) is 14.1. The van der Waals surface area contributed by atoms with Gasteiger partial charge < -0.3 is 10.4 Å². The number of halogens is 2. The molecule has 2 aromatic rings. The number of aromatic nitrogens is 1. The molecule has 0 aliphatic rings. The van der Waals surface area contributed by atoms with Crippen LogP contribution in [0.15, 0.2) is 17.5 Å². The van der Waals surface area contributed by atoms with Crippen LogP contribution in [-0.2, 0) is 0 Å². The van der Waals surface area contributed by atoms with Crippen LogP contribution in [0.1, 0.15) is 25.9 Å². The van der Waals surface area contributed by atoms with Crippen molar-refractivity contribution in [1.29, 1.82) is 0 Å². The maximum atomic E-state index is 13.7. The van der Waals surface area contributed by atoms with Gasteiger partial charge in [-0.2, -0.15) is 0 Å². The number of hydrogen-bond donors (Lipinski definition) is 2. The Hall–Kier alpha value is -2.35. The number of benzene rings is 1. The number of carbonyl (C=O) groups excluding carboxylic acids is 1. The molecule has 2 N–H and O–H groups in total. The molecule has 1 aromatic carbocycles. The van der Waals surface area contributed by atoms with Gasteiger partial charge in [0.15, 0.2) is 5.82 Å². The number of aromatic carboxylic acids is 1. The summed E-state index contributed by atoms with van der Waals surface area (Å²) < 4.78 is 27.2. The normalized spacial score (nSPS) is 10.3. The van der Waals surface area contributed by atoms with E-state index in [-0.39, 0.29) is 16.3 Å². The van der Waals surface area contributed by atoms with Crippen molar-refractivity contribution in [2.75, 3.05) is 5.32 Å². The van der Waals surface area contributed by atoms with Crippen molar-refractivity contribution in [3.8, 4) is 0 Å². The van der Waals surface area contributed by atoms with Crippen molar-refractivity contribution in [1.82, 2.24) is 4.98 Å². The number of carboxylic acid groups (broad SMARTS) is 1. The minimum absolute atomic E-state index is 0.172. The molecule has 104 valence electrons. The van der Waals surface area contributed by atoms with E-state index < -0.39 is 29.2 Å². The summed E-state index contributed by atoms with van der Waals surface area (Å²) in [5.41, 5.74) is -0.626. The van der Waals surface area contributed by atoms with Gasteiger partial charge in [-0.05, 0) is 18.6 Å². The van der Waals surface area contributed by atoms with Crippen LogP contribution in [0.2, 0.25) is 0 Å². The molecule has 0 spiro atoms. The molecule has 1 heterocycles. The molecule has 1 aromatic heterocycles. The Bertz CT molecular complexity index is 700. The zero-order chi connectivity index (χ0) is 14.9. The predicted molar refractivity (Wildman–Crippen MR) is 68.1 cm³/mol. The van der Waals surface area contributed by atoms with Gasteiger partial charge in [0.1, 0.15) is 17.2 Å². The molecule has 20 heavy (non-hydrogen) atoms. The van der Waals surface area contributed by atoms with E-state index in [1.807, 2.05) is 0 Å². The highest BCUT2D eigenvalue weighted by atomic mass is 32.1.